The maximum absolute atomic E-state index is 12.3. The first-order chi connectivity index (χ1) is 11.2. The van der Waals surface area contributed by atoms with Crippen molar-refractivity contribution in [3.63, 3.8) is 0 Å². The molecule has 2 aromatic rings. The van der Waals surface area contributed by atoms with E-state index in [0.29, 0.717) is 22.9 Å². The van der Waals surface area contributed by atoms with Crippen molar-refractivity contribution in [2.45, 2.75) is 31.7 Å². The number of aliphatic hydroxyl groups is 1. The summed E-state index contributed by atoms with van der Waals surface area (Å²) in [6.45, 7) is 0.227. The molecule has 1 fully saturated rings. The highest BCUT2D eigenvalue weighted by atomic mass is 16.3. The quantitative estimate of drug-likeness (QED) is 0.694. The van der Waals surface area contributed by atoms with Gasteiger partial charge in [0.05, 0.1) is 5.69 Å². The molecule has 1 aliphatic carbocycles. The normalized spacial score (nSPS) is 21.1. The summed E-state index contributed by atoms with van der Waals surface area (Å²) < 4.78 is 0. The number of phenols is 1. The van der Waals surface area contributed by atoms with E-state index in [0.717, 1.165) is 25.7 Å². The maximum Gasteiger partial charge on any atom is 0.269 e. The van der Waals surface area contributed by atoms with Gasteiger partial charge in [-0.05, 0) is 49.8 Å². The minimum atomic E-state index is -0.188. The zero-order chi connectivity index (χ0) is 16.2. The highest BCUT2D eigenvalue weighted by Crippen LogP contribution is 2.27. The van der Waals surface area contributed by atoms with Crippen molar-refractivity contribution in [3.8, 4) is 17.0 Å². The summed E-state index contributed by atoms with van der Waals surface area (Å²) in [6.07, 6.45) is 3.65. The van der Waals surface area contributed by atoms with Crippen LogP contribution in [0.1, 0.15) is 36.2 Å². The first kappa shape index (κ1) is 15.6. The number of carbonyl (C=O) groups excluding carboxylic acids is 1. The van der Waals surface area contributed by atoms with Gasteiger partial charge >= 0.3 is 0 Å². The molecule has 1 amide bonds. The molecule has 1 saturated carbocycles. The molecule has 6 nitrogen and oxygen atoms in total. The molecule has 1 aromatic heterocycles. The average Bonchev–Trinajstić information content (AvgIpc) is 3.06. The van der Waals surface area contributed by atoms with E-state index < -0.39 is 0 Å². The number of carbonyl (C=O) groups is 1. The third kappa shape index (κ3) is 3.53. The van der Waals surface area contributed by atoms with Crippen LogP contribution in [0.3, 0.4) is 0 Å². The van der Waals surface area contributed by atoms with Crippen molar-refractivity contribution in [2.24, 2.45) is 5.92 Å². The number of para-hydroxylation sites is 1. The molecule has 0 bridgehead atoms. The van der Waals surface area contributed by atoms with E-state index in [-0.39, 0.29) is 24.3 Å². The van der Waals surface area contributed by atoms with Crippen molar-refractivity contribution in [1.82, 2.24) is 15.5 Å². The topological polar surface area (TPSA) is 98.2 Å². The van der Waals surface area contributed by atoms with Crippen LogP contribution >= 0.6 is 0 Å². The molecule has 0 unspecified atom stereocenters. The number of benzene rings is 1. The van der Waals surface area contributed by atoms with Gasteiger partial charge in [0.15, 0.2) is 0 Å². The third-order valence-electron chi connectivity index (χ3n) is 4.44. The van der Waals surface area contributed by atoms with Gasteiger partial charge in [-0.15, -0.1) is 0 Å². The Morgan fingerprint density at radius 3 is 2.70 bits per heavy atom. The number of amides is 1. The van der Waals surface area contributed by atoms with Crippen LogP contribution in [0.15, 0.2) is 30.3 Å². The lowest BCUT2D eigenvalue weighted by Gasteiger charge is -2.27. The van der Waals surface area contributed by atoms with Crippen LogP contribution < -0.4 is 5.32 Å². The van der Waals surface area contributed by atoms with E-state index in [2.05, 4.69) is 15.5 Å². The van der Waals surface area contributed by atoms with Crippen LogP contribution in [0.4, 0.5) is 0 Å². The number of hydrogen-bond acceptors (Lipinski definition) is 4. The monoisotopic (exact) mass is 315 g/mol. The van der Waals surface area contributed by atoms with E-state index in [1.807, 2.05) is 6.07 Å². The Bertz CT molecular complexity index is 675. The Morgan fingerprint density at radius 2 is 2.00 bits per heavy atom. The predicted molar refractivity (Wildman–Crippen MR) is 86.0 cm³/mol. The number of nitrogens with one attached hydrogen (secondary N) is 2. The second-order valence-corrected chi connectivity index (χ2v) is 6.06. The fourth-order valence-electron chi connectivity index (χ4n) is 3.02. The van der Waals surface area contributed by atoms with Gasteiger partial charge in [-0.3, -0.25) is 9.89 Å². The molecular formula is C17H21N3O3. The summed E-state index contributed by atoms with van der Waals surface area (Å²) >= 11 is 0. The molecule has 0 radical (unpaired) electrons. The number of hydrogen-bond donors (Lipinski definition) is 4. The maximum atomic E-state index is 12.3. The summed E-state index contributed by atoms with van der Waals surface area (Å²) in [5.41, 5.74) is 1.51. The molecule has 1 aliphatic rings. The third-order valence-corrected chi connectivity index (χ3v) is 4.44. The van der Waals surface area contributed by atoms with E-state index in [9.17, 15) is 9.90 Å². The molecule has 0 spiro atoms. The number of rotatable bonds is 4. The van der Waals surface area contributed by atoms with Gasteiger partial charge in [0.2, 0.25) is 0 Å². The molecule has 0 atom stereocenters. The van der Waals surface area contributed by atoms with Crippen LogP contribution in [0.25, 0.3) is 11.3 Å². The van der Waals surface area contributed by atoms with E-state index in [1.165, 1.54) is 0 Å². The second kappa shape index (κ2) is 6.83. The highest BCUT2D eigenvalue weighted by Gasteiger charge is 2.23. The molecule has 0 aliphatic heterocycles. The van der Waals surface area contributed by atoms with Gasteiger partial charge in [-0.25, -0.2) is 0 Å². The summed E-state index contributed by atoms with van der Waals surface area (Å²) in [4.78, 5) is 12.3. The number of aromatic amines is 1. The molecule has 1 aromatic carbocycles. The number of aliphatic hydroxyl groups excluding tert-OH is 1. The number of phenolic OH excluding ortho intramolecular Hbond substituents is 1. The predicted octanol–water partition coefficient (Wildman–Crippen LogP) is 2.06. The summed E-state index contributed by atoms with van der Waals surface area (Å²) in [5.74, 6) is 0.308. The lowest BCUT2D eigenvalue weighted by Crippen LogP contribution is -2.38. The number of nitrogens with zero attached hydrogens (tertiary/aromatic N) is 1. The van der Waals surface area contributed by atoms with Gasteiger partial charge in [0, 0.05) is 18.2 Å². The average molecular weight is 315 g/mol. The summed E-state index contributed by atoms with van der Waals surface area (Å²) in [6, 6.07) is 8.67. The highest BCUT2D eigenvalue weighted by molar-refractivity contribution is 5.93. The Labute approximate surface area is 134 Å². The van der Waals surface area contributed by atoms with Crippen LogP contribution in [-0.2, 0) is 0 Å². The molecule has 0 saturated heterocycles. The van der Waals surface area contributed by atoms with Crippen molar-refractivity contribution >= 4 is 5.91 Å². The van der Waals surface area contributed by atoms with Crippen molar-refractivity contribution in [3.05, 3.63) is 36.0 Å². The van der Waals surface area contributed by atoms with E-state index >= 15 is 0 Å². The summed E-state index contributed by atoms with van der Waals surface area (Å²) in [7, 11) is 0. The minimum Gasteiger partial charge on any atom is -0.507 e. The Kier molecular flexibility index (Phi) is 4.62. The Hall–Kier alpha value is -2.34. The first-order valence-corrected chi connectivity index (χ1v) is 7.93. The van der Waals surface area contributed by atoms with Crippen molar-refractivity contribution < 1.29 is 15.0 Å². The van der Waals surface area contributed by atoms with Crippen molar-refractivity contribution in [1.29, 1.82) is 0 Å². The number of aromatic hydroxyl groups is 1. The molecule has 23 heavy (non-hydrogen) atoms. The molecular weight excluding hydrogens is 294 g/mol. The van der Waals surface area contributed by atoms with Gasteiger partial charge < -0.3 is 15.5 Å². The lowest BCUT2D eigenvalue weighted by atomic mass is 9.86. The summed E-state index contributed by atoms with van der Waals surface area (Å²) in [5, 5.41) is 28.8. The minimum absolute atomic E-state index is 0.133. The zero-order valence-electron chi connectivity index (χ0n) is 12.8. The van der Waals surface area contributed by atoms with Crippen LogP contribution in [0.2, 0.25) is 0 Å². The standard InChI is InChI=1S/C17H21N3O3/c21-10-11-5-7-12(8-6-11)18-17(23)15-9-14(19-20-15)13-3-1-2-4-16(13)22/h1-4,9,11-12,21-22H,5-8,10H2,(H,18,23)(H,19,20). The van der Waals surface area contributed by atoms with E-state index in [4.69, 9.17) is 5.11 Å². The van der Waals surface area contributed by atoms with Gasteiger partial charge in [-0.2, -0.15) is 5.10 Å². The van der Waals surface area contributed by atoms with Gasteiger partial charge in [0.25, 0.3) is 5.91 Å². The molecule has 6 heteroatoms. The fraction of sp³-hybridized carbons (Fsp3) is 0.412. The Morgan fingerprint density at radius 1 is 1.26 bits per heavy atom. The molecule has 4 N–H and O–H groups in total. The van der Waals surface area contributed by atoms with Gasteiger partial charge in [0.1, 0.15) is 11.4 Å². The number of H-pyrrole nitrogens is 1. The largest absolute Gasteiger partial charge is 0.507 e. The zero-order valence-corrected chi connectivity index (χ0v) is 12.8. The lowest BCUT2D eigenvalue weighted by molar-refractivity contribution is 0.0909. The van der Waals surface area contributed by atoms with Crippen LogP contribution in [0, 0.1) is 5.92 Å². The smallest absolute Gasteiger partial charge is 0.269 e. The van der Waals surface area contributed by atoms with Gasteiger partial charge in [-0.1, -0.05) is 12.1 Å². The van der Waals surface area contributed by atoms with E-state index in [1.54, 1.807) is 24.3 Å². The Balaban J connectivity index is 1.64. The molecule has 1 heterocycles. The fourth-order valence-corrected chi connectivity index (χ4v) is 3.02. The molecule has 3 rings (SSSR count). The second-order valence-electron chi connectivity index (χ2n) is 6.06. The van der Waals surface area contributed by atoms with Crippen molar-refractivity contribution in [2.75, 3.05) is 6.61 Å². The first-order valence-electron chi connectivity index (χ1n) is 7.93. The molecule has 122 valence electrons. The van der Waals surface area contributed by atoms with Crippen LogP contribution in [-0.4, -0.2) is 39.0 Å². The van der Waals surface area contributed by atoms with Crippen LogP contribution in [0.5, 0.6) is 5.75 Å². The number of aromatic nitrogens is 2. The SMILES string of the molecule is O=C(NC1CCC(CO)CC1)c1cc(-c2ccccc2O)n[nH]1.